The summed E-state index contributed by atoms with van der Waals surface area (Å²) in [5.41, 5.74) is 1.09. The second-order valence-corrected chi connectivity index (χ2v) is 5.80. The fraction of sp³-hybridized carbons (Fsp3) is 0.471. The van der Waals surface area contributed by atoms with E-state index in [2.05, 4.69) is 32.6 Å². The highest BCUT2D eigenvalue weighted by atomic mass is 15.3. The Kier molecular flexibility index (Phi) is 5.24. The smallest absolute Gasteiger partial charge is 0.191 e. The van der Waals surface area contributed by atoms with E-state index in [9.17, 15) is 0 Å². The van der Waals surface area contributed by atoms with Crippen LogP contribution in [0.4, 0.5) is 0 Å². The minimum absolute atomic E-state index is 0.563. The van der Waals surface area contributed by atoms with E-state index in [-0.39, 0.29) is 0 Å². The fourth-order valence-electron chi connectivity index (χ4n) is 2.80. The Morgan fingerprint density at radius 3 is 2.87 bits per heavy atom. The molecule has 0 saturated heterocycles. The van der Waals surface area contributed by atoms with Crippen LogP contribution >= 0.6 is 0 Å². The molecule has 0 amide bonds. The van der Waals surface area contributed by atoms with Gasteiger partial charge in [-0.05, 0) is 37.5 Å². The number of rotatable bonds is 5. The Morgan fingerprint density at radius 2 is 2.22 bits per heavy atom. The lowest BCUT2D eigenvalue weighted by atomic mass is 10.2. The van der Waals surface area contributed by atoms with E-state index in [0.29, 0.717) is 12.6 Å². The number of nitrogens with one attached hydrogen (secondary N) is 2. The molecule has 0 spiro atoms. The Labute approximate surface area is 137 Å². The van der Waals surface area contributed by atoms with E-state index >= 15 is 0 Å². The first kappa shape index (κ1) is 15.5. The number of guanidine groups is 1. The molecule has 0 aliphatic heterocycles. The van der Waals surface area contributed by atoms with Crippen LogP contribution in [0, 0.1) is 0 Å². The first-order valence-corrected chi connectivity index (χ1v) is 8.35. The van der Waals surface area contributed by atoms with Gasteiger partial charge in [0.15, 0.2) is 11.8 Å². The van der Waals surface area contributed by atoms with Crippen LogP contribution in [0.3, 0.4) is 0 Å². The number of hydrogen-bond acceptors (Lipinski definition) is 3. The van der Waals surface area contributed by atoms with Crippen LogP contribution < -0.4 is 10.6 Å². The number of hydrogen-bond donors (Lipinski definition) is 2. The zero-order valence-electron chi connectivity index (χ0n) is 13.6. The Balaban J connectivity index is 1.61. The third kappa shape index (κ3) is 4.31. The van der Waals surface area contributed by atoms with Crippen molar-refractivity contribution in [2.75, 3.05) is 6.54 Å². The number of pyridine rings is 1. The predicted molar refractivity (Wildman–Crippen MR) is 91.6 cm³/mol. The van der Waals surface area contributed by atoms with Crippen LogP contribution in [0.15, 0.2) is 41.8 Å². The molecule has 122 valence electrons. The standard InChI is InChI=1S/C17H24N6/c1-2-18-17(22-15-6-3-4-7-15)20-13-14-8-9-16(19-12-14)23-11-5-10-21-23/h5,8-12,15H,2-4,6-7,13H2,1H3,(H2,18,20,22). The molecule has 2 aromatic rings. The van der Waals surface area contributed by atoms with Crippen LogP contribution in [-0.4, -0.2) is 33.3 Å². The molecule has 6 nitrogen and oxygen atoms in total. The maximum absolute atomic E-state index is 4.67. The van der Waals surface area contributed by atoms with Gasteiger partial charge in [0.2, 0.25) is 0 Å². The van der Waals surface area contributed by atoms with Crippen molar-refractivity contribution in [2.45, 2.75) is 45.2 Å². The molecule has 23 heavy (non-hydrogen) atoms. The average Bonchev–Trinajstić information content (AvgIpc) is 3.27. The molecule has 1 aliphatic carbocycles. The summed E-state index contributed by atoms with van der Waals surface area (Å²) in [6.07, 6.45) is 10.6. The van der Waals surface area contributed by atoms with Crippen molar-refractivity contribution in [1.29, 1.82) is 0 Å². The third-order valence-corrected chi connectivity index (χ3v) is 4.01. The monoisotopic (exact) mass is 312 g/mol. The second-order valence-electron chi connectivity index (χ2n) is 5.80. The summed E-state index contributed by atoms with van der Waals surface area (Å²) in [7, 11) is 0. The van der Waals surface area contributed by atoms with Gasteiger partial charge >= 0.3 is 0 Å². The third-order valence-electron chi connectivity index (χ3n) is 4.01. The Hall–Kier alpha value is -2.37. The molecule has 2 N–H and O–H groups in total. The van der Waals surface area contributed by atoms with Gasteiger partial charge in [-0.15, -0.1) is 0 Å². The minimum atomic E-state index is 0.563. The van der Waals surface area contributed by atoms with Crippen LogP contribution in [-0.2, 0) is 6.54 Å². The van der Waals surface area contributed by atoms with Gasteiger partial charge in [-0.3, -0.25) is 0 Å². The zero-order valence-corrected chi connectivity index (χ0v) is 13.6. The van der Waals surface area contributed by atoms with E-state index in [0.717, 1.165) is 23.9 Å². The maximum atomic E-state index is 4.67. The van der Waals surface area contributed by atoms with Crippen LogP contribution in [0.5, 0.6) is 0 Å². The van der Waals surface area contributed by atoms with Crippen molar-refractivity contribution >= 4 is 5.96 Å². The highest BCUT2D eigenvalue weighted by Gasteiger charge is 2.15. The van der Waals surface area contributed by atoms with Gasteiger partial charge in [-0.1, -0.05) is 18.9 Å². The van der Waals surface area contributed by atoms with Crippen molar-refractivity contribution in [1.82, 2.24) is 25.4 Å². The molecular weight excluding hydrogens is 288 g/mol. The zero-order chi connectivity index (χ0) is 15.9. The SMILES string of the molecule is CCNC(=NCc1ccc(-n2cccn2)nc1)NC1CCCC1. The fourth-order valence-corrected chi connectivity index (χ4v) is 2.80. The number of aliphatic imine (C=N–C) groups is 1. The summed E-state index contributed by atoms with van der Waals surface area (Å²) >= 11 is 0. The van der Waals surface area contributed by atoms with E-state index in [1.807, 2.05) is 30.6 Å². The van der Waals surface area contributed by atoms with Crippen LogP contribution in [0.1, 0.15) is 38.2 Å². The maximum Gasteiger partial charge on any atom is 0.191 e. The number of nitrogens with zero attached hydrogens (tertiary/aromatic N) is 4. The summed E-state index contributed by atoms with van der Waals surface area (Å²) in [5, 5.41) is 11.0. The van der Waals surface area contributed by atoms with Crippen LogP contribution in [0.2, 0.25) is 0 Å². The van der Waals surface area contributed by atoms with Crippen molar-refractivity contribution in [3.63, 3.8) is 0 Å². The molecule has 1 aliphatic rings. The highest BCUT2D eigenvalue weighted by molar-refractivity contribution is 5.80. The van der Waals surface area contributed by atoms with Gasteiger partial charge in [0, 0.05) is 31.2 Å². The van der Waals surface area contributed by atoms with Crippen molar-refractivity contribution in [2.24, 2.45) is 4.99 Å². The highest BCUT2D eigenvalue weighted by Crippen LogP contribution is 2.17. The molecule has 2 aromatic heterocycles. The van der Waals surface area contributed by atoms with Crippen molar-refractivity contribution in [3.05, 3.63) is 42.4 Å². The summed E-state index contributed by atoms with van der Waals surface area (Å²) in [6.45, 7) is 3.58. The summed E-state index contributed by atoms with van der Waals surface area (Å²) in [6, 6.07) is 6.46. The van der Waals surface area contributed by atoms with Gasteiger partial charge in [-0.25, -0.2) is 14.7 Å². The molecule has 2 heterocycles. The molecule has 0 unspecified atom stereocenters. The normalized spacial score (nSPS) is 15.8. The van der Waals surface area contributed by atoms with E-state index in [1.54, 1.807) is 10.9 Å². The Bertz CT molecular complexity index is 611. The summed E-state index contributed by atoms with van der Waals surface area (Å²) in [4.78, 5) is 9.11. The molecule has 1 saturated carbocycles. The van der Waals surface area contributed by atoms with Crippen LogP contribution in [0.25, 0.3) is 5.82 Å². The van der Waals surface area contributed by atoms with Gasteiger partial charge < -0.3 is 10.6 Å². The summed E-state index contributed by atoms with van der Waals surface area (Å²) in [5.74, 6) is 1.72. The van der Waals surface area contributed by atoms with E-state index in [1.165, 1.54) is 25.7 Å². The lowest BCUT2D eigenvalue weighted by Gasteiger charge is -2.16. The van der Waals surface area contributed by atoms with Crippen molar-refractivity contribution < 1.29 is 0 Å². The molecular formula is C17H24N6. The van der Waals surface area contributed by atoms with Crippen molar-refractivity contribution in [3.8, 4) is 5.82 Å². The molecule has 0 aromatic carbocycles. The lowest BCUT2D eigenvalue weighted by Crippen LogP contribution is -2.42. The van der Waals surface area contributed by atoms with Gasteiger partial charge in [0.05, 0.1) is 6.54 Å². The lowest BCUT2D eigenvalue weighted by molar-refractivity contribution is 0.614. The quantitative estimate of drug-likeness (QED) is 0.656. The molecule has 0 atom stereocenters. The number of aromatic nitrogens is 3. The average molecular weight is 312 g/mol. The minimum Gasteiger partial charge on any atom is -0.357 e. The predicted octanol–water partition coefficient (Wildman–Crippen LogP) is 2.27. The molecule has 3 rings (SSSR count). The first-order chi connectivity index (χ1) is 11.3. The first-order valence-electron chi connectivity index (χ1n) is 8.35. The topological polar surface area (TPSA) is 67.1 Å². The molecule has 6 heteroatoms. The Morgan fingerprint density at radius 1 is 1.35 bits per heavy atom. The molecule has 0 bridgehead atoms. The molecule has 1 fully saturated rings. The van der Waals surface area contributed by atoms with Gasteiger partial charge in [0.1, 0.15) is 0 Å². The van der Waals surface area contributed by atoms with Gasteiger partial charge in [0.25, 0.3) is 0 Å². The van der Waals surface area contributed by atoms with E-state index < -0.39 is 0 Å². The summed E-state index contributed by atoms with van der Waals surface area (Å²) < 4.78 is 1.75. The van der Waals surface area contributed by atoms with E-state index in [4.69, 9.17) is 0 Å². The van der Waals surface area contributed by atoms with Gasteiger partial charge in [-0.2, -0.15) is 5.10 Å². The second kappa shape index (κ2) is 7.76. The largest absolute Gasteiger partial charge is 0.357 e. The molecule has 0 radical (unpaired) electrons.